The molecule has 0 aromatic heterocycles. The van der Waals surface area contributed by atoms with Crippen LogP contribution in [0.2, 0.25) is 0 Å². The third-order valence-electron chi connectivity index (χ3n) is 13.3. The van der Waals surface area contributed by atoms with Gasteiger partial charge in [0, 0.05) is 6.42 Å². The zero-order chi connectivity index (χ0) is 50.6. The largest absolute Gasteiger partial charge is 0.472 e. The molecule has 0 aliphatic rings. The molecule has 8 nitrogen and oxygen atoms in total. The first kappa shape index (κ1) is 67.5. The molecule has 0 radical (unpaired) electrons. The number of hydrogen-bond donors (Lipinski definition) is 3. The Morgan fingerprint density at radius 3 is 1.28 bits per heavy atom. The second-order valence-electron chi connectivity index (χ2n) is 21.3. The molecule has 0 rings (SSSR count). The van der Waals surface area contributed by atoms with Gasteiger partial charge in [-0.25, -0.2) is 4.57 Å². The lowest BCUT2D eigenvalue weighted by molar-refractivity contribution is -0.870. The van der Waals surface area contributed by atoms with E-state index in [1.165, 1.54) is 180 Å². The van der Waals surface area contributed by atoms with E-state index < -0.39 is 20.0 Å². The van der Waals surface area contributed by atoms with Crippen LogP contribution in [-0.2, 0) is 18.4 Å². The third kappa shape index (κ3) is 54.1. The molecule has 1 amide bonds. The minimum absolute atomic E-state index is 0.0719. The Kier molecular flexibility index (Phi) is 50.2. The van der Waals surface area contributed by atoms with E-state index in [0.29, 0.717) is 23.9 Å². The summed E-state index contributed by atoms with van der Waals surface area (Å²) >= 11 is 0. The molecule has 0 heterocycles. The molecular weight excluding hydrogens is 876 g/mol. The highest BCUT2D eigenvalue weighted by atomic mass is 31.2. The lowest BCUT2D eigenvalue weighted by atomic mass is 10.0. The molecule has 3 unspecified atom stereocenters. The van der Waals surface area contributed by atoms with E-state index in [-0.39, 0.29) is 19.1 Å². The van der Waals surface area contributed by atoms with Gasteiger partial charge in [0.15, 0.2) is 0 Å². The predicted molar refractivity (Wildman–Crippen MR) is 300 cm³/mol. The van der Waals surface area contributed by atoms with Gasteiger partial charge in [-0.3, -0.25) is 13.8 Å². The number of unbranched alkanes of at least 4 members (excludes halogenated alkanes) is 33. The fraction of sp³-hybridized carbons (Fsp3) is 0.850. The van der Waals surface area contributed by atoms with E-state index in [2.05, 4.69) is 67.8 Å². The van der Waals surface area contributed by atoms with Gasteiger partial charge in [0.2, 0.25) is 5.91 Å². The number of carbonyl (C=O) groups is 1. The minimum Gasteiger partial charge on any atom is -0.391 e. The van der Waals surface area contributed by atoms with Gasteiger partial charge in [-0.2, -0.15) is 0 Å². The Morgan fingerprint density at radius 1 is 0.507 bits per heavy atom. The smallest absolute Gasteiger partial charge is 0.391 e. The summed E-state index contributed by atoms with van der Waals surface area (Å²) in [5, 5.41) is 14.1. The van der Waals surface area contributed by atoms with Crippen molar-refractivity contribution in [3.05, 3.63) is 48.6 Å². The molecule has 406 valence electrons. The average molecular weight is 993 g/mol. The first-order chi connectivity index (χ1) is 33.5. The molecule has 0 saturated carbocycles. The van der Waals surface area contributed by atoms with E-state index >= 15 is 0 Å². The number of aliphatic hydroxyl groups excluding tert-OH is 1. The highest BCUT2D eigenvalue weighted by Crippen LogP contribution is 2.43. The lowest BCUT2D eigenvalue weighted by Gasteiger charge is -2.26. The van der Waals surface area contributed by atoms with Crippen molar-refractivity contribution in [1.29, 1.82) is 0 Å². The fourth-order valence-corrected chi connectivity index (χ4v) is 9.48. The summed E-state index contributed by atoms with van der Waals surface area (Å²) in [6, 6.07) is -0.768. The summed E-state index contributed by atoms with van der Waals surface area (Å²) in [5.41, 5.74) is 0. The van der Waals surface area contributed by atoms with Gasteiger partial charge in [-0.15, -0.1) is 0 Å². The first-order valence-corrected chi connectivity index (χ1v) is 31.0. The molecule has 0 saturated heterocycles. The summed E-state index contributed by atoms with van der Waals surface area (Å²) < 4.78 is 23.8. The van der Waals surface area contributed by atoms with Crippen LogP contribution < -0.4 is 5.32 Å². The molecule has 69 heavy (non-hydrogen) atoms. The van der Waals surface area contributed by atoms with Crippen LogP contribution in [0.1, 0.15) is 277 Å². The van der Waals surface area contributed by atoms with E-state index in [4.69, 9.17) is 9.05 Å². The number of rotatable bonds is 54. The molecular formula is C60H116N2O6P+. The molecule has 0 aliphatic heterocycles. The highest BCUT2D eigenvalue weighted by Gasteiger charge is 2.28. The van der Waals surface area contributed by atoms with Crippen molar-refractivity contribution in [3.63, 3.8) is 0 Å². The number of likely N-dealkylation sites (N-methyl/N-ethyl adjacent to an activating group) is 1. The predicted octanol–water partition coefficient (Wildman–Crippen LogP) is 17.9. The first-order valence-electron chi connectivity index (χ1n) is 29.5. The van der Waals surface area contributed by atoms with Crippen LogP contribution in [0.5, 0.6) is 0 Å². The van der Waals surface area contributed by atoms with E-state index in [1.54, 1.807) is 0 Å². The van der Waals surface area contributed by atoms with Crippen LogP contribution >= 0.6 is 7.82 Å². The number of hydrogen-bond acceptors (Lipinski definition) is 5. The fourth-order valence-electron chi connectivity index (χ4n) is 8.75. The van der Waals surface area contributed by atoms with Gasteiger partial charge in [0.05, 0.1) is 39.9 Å². The molecule has 3 N–H and O–H groups in total. The molecule has 0 aromatic carbocycles. The van der Waals surface area contributed by atoms with Crippen LogP contribution in [0.15, 0.2) is 48.6 Å². The standard InChI is InChI=1S/C60H115N2O6P/c1-6-8-10-12-14-16-18-20-22-24-26-28-29-30-31-32-34-35-37-39-41-43-45-47-49-51-53-59(63)58(57-68-69(65,66)67-56-55-62(3,4)5)61-60(64)54-52-50-48-46-44-42-40-38-36-33-27-25-23-21-19-17-15-13-11-9-7-2/h9,11,15,17,21,23,27,33,58-59,63H,6-8,10,12-14,16,18-20,22,24-26,28-32,34-57H2,1-5H3,(H-,61,64,65,66)/p+1/b11-9-,17-15-,23-21-,33-27-. The van der Waals surface area contributed by atoms with Gasteiger partial charge in [-0.05, 0) is 51.4 Å². The van der Waals surface area contributed by atoms with Crippen molar-refractivity contribution in [2.75, 3.05) is 40.9 Å². The van der Waals surface area contributed by atoms with Gasteiger partial charge in [0.1, 0.15) is 13.2 Å². The van der Waals surface area contributed by atoms with Crippen molar-refractivity contribution in [3.8, 4) is 0 Å². The monoisotopic (exact) mass is 992 g/mol. The van der Waals surface area contributed by atoms with E-state index in [0.717, 1.165) is 70.6 Å². The zero-order valence-corrected chi connectivity index (χ0v) is 47.2. The summed E-state index contributed by atoms with van der Waals surface area (Å²) in [4.78, 5) is 23.3. The summed E-state index contributed by atoms with van der Waals surface area (Å²) in [6.07, 6.45) is 67.4. The number of amides is 1. The molecule has 0 aromatic rings. The van der Waals surface area contributed by atoms with Gasteiger partial charge >= 0.3 is 7.82 Å². The van der Waals surface area contributed by atoms with Crippen molar-refractivity contribution >= 4 is 13.7 Å². The molecule has 0 fully saturated rings. The average Bonchev–Trinajstić information content (AvgIpc) is 3.31. The zero-order valence-electron chi connectivity index (χ0n) is 46.3. The number of phosphoric ester groups is 1. The second kappa shape index (κ2) is 51.4. The van der Waals surface area contributed by atoms with Crippen molar-refractivity contribution < 1.29 is 32.9 Å². The van der Waals surface area contributed by atoms with Crippen molar-refractivity contribution in [2.24, 2.45) is 0 Å². The number of nitrogens with zero attached hydrogens (tertiary/aromatic N) is 1. The minimum atomic E-state index is -4.33. The van der Waals surface area contributed by atoms with Crippen molar-refractivity contribution in [1.82, 2.24) is 5.32 Å². The van der Waals surface area contributed by atoms with Crippen LogP contribution in [0, 0.1) is 0 Å². The highest BCUT2D eigenvalue weighted by molar-refractivity contribution is 7.47. The Balaban J connectivity index is 4.15. The number of allylic oxidation sites excluding steroid dienone is 8. The Hall–Kier alpha value is -1.54. The van der Waals surface area contributed by atoms with Crippen LogP contribution in [0.3, 0.4) is 0 Å². The van der Waals surface area contributed by atoms with Crippen LogP contribution in [-0.4, -0.2) is 73.4 Å². The van der Waals surface area contributed by atoms with Crippen LogP contribution in [0.25, 0.3) is 0 Å². The molecule has 0 bridgehead atoms. The normalized spacial score (nSPS) is 14.2. The molecule has 0 spiro atoms. The number of phosphoric acid groups is 1. The third-order valence-corrected chi connectivity index (χ3v) is 14.3. The van der Waals surface area contributed by atoms with Crippen LogP contribution in [0.4, 0.5) is 0 Å². The van der Waals surface area contributed by atoms with Gasteiger partial charge in [0.25, 0.3) is 0 Å². The number of carbonyl (C=O) groups excluding carboxylic acids is 1. The molecule has 3 atom stereocenters. The SMILES string of the molecule is CC/C=C\C/C=C\C/C=C\C/C=C\CCCCCCCCCCC(=O)NC(COP(=O)(O)OCC[N+](C)(C)C)C(O)CCCCCCCCCCCCCCCCCCCCCCCCCCCC. The molecule has 9 heteroatoms. The van der Waals surface area contributed by atoms with E-state index in [1.807, 2.05) is 21.1 Å². The number of nitrogens with one attached hydrogen (secondary N) is 1. The Morgan fingerprint density at radius 2 is 0.870 bits per heavy atom. The van der Waals surface area contributed by atoms with Gasteiger partial charge in [-0.1, -0.05) is 268 Å². The maximum Gasteiger partial charge on any atom is 0.472 e. The maximum absolute atomic E-state index is 13.0. The topological polar surface area (TPSA) is 105 Å². The Bertz CT molecular complexity index is 1260. The maximum atomic E-state index is 13.0. The van der Waals surface area contributed by atoms with E-state index in [9.17, 15) is 19.4 Å². The van der Waals surface area contributed by atoms with Crippen molar-refractivity contribution in [2.45, 2.75) is 289 Å². The molecule has 0 aliphatic carbocycles. The number of aliphatic hydroxyl groups is 1. The summed E-state index contributed by atoms with van der Waals surface area (Å²) in [5.74, 6) is -0.151. The second-order valence-corrected chi connectivity index (χ2v) is 22.8. The summed E-state index contributed by atoms with van der Waals surface area (Å²) in [6.45, 7) is 4.80. The quantitative estimate of drug-likeness (QED) is 0.0243. The number of quaternary nitrogens is 1. The Labute approximate surface area is 429 Å². The summed E-state index contributed by atoms with van der Waals surface area (Å²) in [7, 11) is 1.61. The van der Waals surface area contributed by atoms with Gasteiger partial charge < -0.3 is 19.8 Å². The lowest BCUT2D eigenvalue weighted by Crippen LogP contribution is -2.46.